The predicted octanol–water partition coefficient (Wildman–Crippen LogP) is 4.79. The van der Waals surface area contributed by atoms with E-state index < -0.39 is 22.8 Å². The first-order valence-corrected chi connectivity index (χ1v) is 9.27. The van der Waals surface area contributed by atoms with E-state index in [2.05, 4.69) is 15.5 Å². The molecule has 3 rings (SSSR count). The van der Waals surface area contributed by atoms with Crippen molar-refractivity contribution in [3.05, 3.63) is 63.5 Å². The number of nitrogens with zero attached hydrogens (tertiary/aromatic N) is 4. The molecule has 0 aliphatic rings. The first-order chi connectivity index (χ1) is 13.6. The fraction of sp³-hybridized carbons (Fsp3) is 0.278. The average Bonchev–Trinajstić information content (AvgIpc) is 3.20. The summed E-state index contributed by atoms with van der Waals surface area (Å²) in [5.74, 6) is -0.0826. The summed E-state index contributed by atoms with van der Waals surface area (Å²) in [5.41, 5.74) is -0.132. The number of amides is 1. The van der Waals surface area contributed by atoms with Crippen LogP contribution in [0.5, 0.6) is 0 Å². The quantitative estimate of drug-likeness (QED) is 0.592. The smallest absolute Gasteiger partial charge is 0.309 e. The predicted molar refractivity (Wildman–Crippen MR) is 103 cm³/mol. The Balaban J connectivity index is 1.58. The third-order valence-corrected chi connectivity index (χ3v) is 4.97. The maximum Gasteiger partial charge on any atom is 0.436 e. The number of benzene rings is 1. The van der Waals surface area contributed by atoms with Crippen LogP contribution in [0.25, 0.3) is 0 Å². The molecule has 0 fully saturated rings. The van der Waals surface area contributed by atoms with E-state index in [4.69, 9.17) is 23.2 Å². The lowest BCUT2D eigenvalue weighted by Crippen LogP contribution is -2.16. The summed E-state index contributed by atoms with van der Waals surface area (Å²) in [6.07, 6.45) is -3.05. The van der Waals surface area contributed by atoms with Crippen LogP contribution in [-0.4, -0.2) is 25.5 Å². The first-order valence-electron chi connectivity index (χ1n) is 8.52. The monoisotopic (exact) mass is 445 g/mol. The summed E-state index contributed by atoms with van der Waals surface area (Å²) in [5, 5.41) is 10.5. The fourth-order valence-electron chi connectivity index (χ4n) is 2.65. The zero-order valence-electron chi connectivity index (χ0n) is 15.2. The minimum absolute atomic E-state index is 0.0478. The van der Waals surface area contributed by atoms with Crippen molar-refractivity contribution in [3.63, 3.8) is 0 Å². The van der Waals surface area contributed by atoms with Crippen molar-refractivity contribution < 1.29 is 18.0 Å². The van der Waals surface area contributed by atoms with Crippen molar-refractivity contribution in [2.24, 2.45) is 0 Å². The van der Waals surface area contributed by atoms with Crippen LogP contribution in [0.2, 0.25) is 10.0 Å². The number of halogens is 5. The minimum Gasteiger partial charge on any atom is -0.309 e. The van der Waals surface area contributed by atoms with E-state index in [9.17, 15) is 18.0 Å². The Morgan fingerprint density at radius 2 is 1.90 bits per heavy atom. The summed E-state index contributed by atoms with van der Waals surface area (Å²) in [6, 6.07) is 8.95. The van der Waals surface area contributed by atoms with Crippen molar-refractivity contribution in [3.8, 4) is 0 Å². The highest BCUT2D eigenvalue weighted by Crippen LogP contribution is 2.35. The first kappa shape index (κ1) is 21.2. The van der Waals surface area contributed by atoms with Gasteiger partial charge in [-0.25, -0.2) is 0 Å². The molecule has 1 aromatic carbocycles. The van der Waals surface area contributed by atoms with Crippen molar-refractivity contribution in [1.29, 1.82) is 0 Å². The number of alkyl halides is 3. The molecule has 0 radical (unpaired) electrons. The van der Waals surface area contributed by atoms with Crippen LogP contribution in [0.4, 0.5) is 19.0 Å². The number of rotatable bonds is 6. The van der Waals surface area contributed by atoms with Gasteiger partial charge in [0.2, 0.25) is 5.91 Å². The highest BCUT2D eigenvalue weighted by molar-refractivity contribution is 6.32. The third kappa shape index (κ3) is 5.10. The van der Waals surface area contributed by atoms with Gasteiger partial charge in [-0.2, -0.15) is 23.4 Å². The highest BCUT2D eigenvalue weighted by Gasteiger charge is 2.38. The molecule has 29 heavy (non-hydrogen) atoms. The molecule has 2 aromatic heterocycles. The van der Waals surface area contributed by atoms with Gasteiger partial charge in [-0.15, -0.1) is 0 Å². The summed E-state index contributed by atoms with van der Waals surface area (Å²) in [4.78, 5) is 12.1. The number of carbonyl (C=O) groups is 1. The molecule has 0 unspecified atom stereocenters. The van der Waals surface area contributed by atoms with Gasteiger partial charge in [-0.3, -0.25) is 14.2 Å². The second kappa shape index (κ2) is 8.46. The van der Waals surface area contributed by atoms with Crippen molar-refractivity contribution in [1.82, 2.24) is 19.6 Å². The Labute approximate surface area is 174 Å². The molecule has 1 N–H and O–H groups in total. The Kier molecular flexibility index (Phi) is 6.18. The van der Waals surface area contributed by atoms with Gasteiger partial charge >= 0.3 is 6.18 Å². The molecule has 3 aromatic rings. The van der Waals surface area contributed by atoms with Crippen LogP contribution in [-0.2, 0) is 24.1 Å². The van der Waals surface area contributed by atoms with E-state index in [-0.39, 0.29) is 18.7 Å². The zero-order valence-corrected chi connectivity index (χ0v) is 16.7. The molecule has 0 saturated heterocycles. The van der Waals surface area contributed by atoms with Gasteiger partial charge in [0.15, 0.2) is 11.5 Å². The fourth-order valence-corrected chi connectivity index (χ4v) is 3.09. The average molecular weight is 446 g/mol. The molecule has 11 heteroatoms. The normalized spacial score (nSPS) is 11.7. The van der Waals surface area contributed by atoms with Gasteiger partial charge in [0.05, 0.1) is 23.8 Å². The van der Waals surface area contributed by atoms with Crippen LogP contribution in [0.3, 0.4) is 0 Å². The molecular formula is C18H16Cl2F3N5O. The number of hydrogen-bond donors (Lipinski definition) is 1. The van der Waals surface area contributed by atoms with Crippen LogP contribution in [0.15, 0.2) is 36.5 Å². The molecule has 1 amide bonds. The number of carbonyl (C=O) groups excluding carboxylic acids is 1. The largest absolute Gasteiger partial charge is 0.436 e. The van der Waals surface area contributed by atoms with Crippen molar-refractivity contribution in [2.45, 2.75) is 32.6 Å². The van der Waals surface area contributed by atoms with Crippen LogP contribution in [0.1, 0.15) is 23.4 Å². The van der Waals surface area contributed by atoms with Gasteiger partial charge in [0.1, 0.15) is 0 Å². The Hall–Kier alpha value is -2.52. The lowest BCUT2D eigenvalue weighted by Gasteiger charge is -2.06. The van der Waals surface area contributed by atoms with Crippen LogP contribution >= 0.6 is 23.2 Å². The molecule has 0 bridgehead atoms. The SMILES string of the molecule is Cc1c(Cl)c(C(F)(F)F)nn1CCC(=O)Nc1ccn(Cc2ccccc2Cl)n1. The van der Waals surface area contributed by atoms with E-state index in [1.54, 1.807) is 23.0 Å². The molecule has 0 aliphatic carbocycles. The summed E-state index contributed by atoms with van der Waals surface area (Å²) >= 11 is 11.8. The maximum absolute atomic E-state index is 12.9. The molecule has 0 spiro atoms. The van der Waals surface area contributed by atoms with E-state index in [1.807, 2.05) is 18.2 Å². The molecule has 0 atom stereocenters. The lowest BCUT2D eigenvalue weighted by atomic mass is 10.2. The van der Waals surface area contributed by atoms with Crippen molar-refractivity contribution >= 4 is 34.9 Å². The molecule has 154 valence electrons. The second-order valence-corrected chi connectivity index (χ2v) is 7.04. The van der Waals surface area contributed by atoms with Gasteiger partial charge in [-0.05, 0) is 18.6 Å². The van der Waals surface area contributed by atoms with Gasteiger partial charge < -0.3 is 5.32 Å². The topological polar surface area (TPSA) is 64.7 Å². The summed E-state index contributed by atoms with van der Waals surface area (Å²) in [6.45, 7) is 1.80. The van der Waals surface area contributed by atoms with Gasteiger partial charge in [0, 0.05) is 23.7 Å². The Bertz CT molecular complexity index is 1030. The van der Waals surface area contributed by atoms with E-state index in [0.29, 0.717) is 17.4 Å². The zero-order chi connectivity index (χ0) is 21.2. The van der Waals surface area contributed by atoms with Gasteiger partial charge in [0.25, 0.3) is 0 Å². The number of aromatic nitrogens is 4. The van der Waals surface area contributed by atoms with E-state index >= 15 is 0 Å². The summed E-state index contributed by atoms with van der Waals surface area (Å²) < 4.78 is 41.2. The molecule has 2 heterocycles. The molecule has 0 aliphatic heterocycles. The lowest BCUT2D eigenvalue weighted by molar-refractivity contribution is -0.141. The Morgan fingerprint density at radius 3 is 2.55 bits per heavy atom. The van der Waals surface area contributed by atoms with E-state index in [1.165, 1.54) is 6.92 Å². The molecular weight excluding hydrogens is 430 g/mol. The van der Waals surface area contributed by atoms with Crippen LogP contribution in [0, 0.1) is 6.92 Å². The molecule has 0 saturated carbocycles. The number of anilines is 1. The standard InChI is InChI=1S/C18H16Cl2F3N5O/c1-11-16(20)17(18(21,22)23)26-28(11)9-7-15(29)24-14-6-8-27(25-14)10-12-4-2-3-5-13(12)19/h2-6,8H,7,9-10H2,1H3,(H,24,25,29). The Morgan fingerprint density at radius 1 is 1.17 bits per heavy atom. The summed E-state index contributed by atoms with van der Waals surface area (Å²) in [7, 11) is 0. The maximum atomic E-state index is 12.9. The number of aryl methyl sites for hydroxylation is 1. The number of hydrogen-bond acceptors (Lipinski definition) is 3. The van der Waals surface area contributed by atoms with Crippen molar-refractivity contribution in [2.75, 3.05) is 5.32 Å². The highest BCUT2D eigenvalue weighted by atomic mass is 35.5. The third-order valence-electron chi connectivity index (χ3n) is 4.15. The van der Waals surface area contributed by atoms with E-state index in [0.717, 1.165) is 10.2 Å². The number of nitrogens with one attached hydrogen (secondary N) is 1. The second-order valence-electron chi connectivity index (χ2n) is 6.26. The molecule has 6 nitrogen and oxygen atoms in total. The minimum atomic E-state index is -4.65. The van der Waals surface area contributed by atoms with Gasteiger partial charge in [-0.1, -0.05) is 41.4 Å². The van der Waals surface area contributed by atoms with Crippen LogP contribution < -0.4 is 5.32 Å².